The number of nitrogens with zero attached hydrogens (tertiary/aromatic N) is 1. The summed E-state index contributed by atoms with van der Waals surface area (Å²) in [4.78, 5) is 24.3. The minimum Gasteiger partial charge on any atom is -0.395 e. The molecule has 6 heteroatoms. The van der Waals surface area contributed by atoms with Crippen molar-refractivity contribution < 1.29 is 19.1 Å². The first-order valence-electron chi connectivity index (χ1n) is 5.74. The number of benzene rings is 1. The van der Waals surface area contributed by atoms with E-state index in [-0.39, 0.29) is 24.5 Å². The van der Waals surface area contributed by atoms with Crippen LogP contribution in [-0.4, -0.2) is 35.0 Å². The minimum absolute atomic E-state index is 0.00273. The second-order valence-corrected chi connectivity index (χ2v) is 4.18. The molecule has 1 aromatic carbocycles. The highest BCUT2D eigenvalue weighted by Crippen LogP contribution is 2.20. The Morgan fingerprint density at radius 2 is 2.11 bits per heavy atom. The van der Waals surface area contributed by atoms with Gasteiger partial charge in [-0.1, -0.05) is 6.07 Å². The van der Waals surface area contributed by atoms with Gasteiger partial charge in [-0.3, -0.25) is 14.5 Å². The van der Waals surface area contributed by atoms with E-state index in [4.69, 9.17) is 5.11 Å². The molecule has 0 bridgehead atoms. The number of rotatable bonds is 4. The average molecular weight is 264 g/mol. The molecule has 0 fully saturated rings. The molecule has 19 heavy (non-hydrogen) atoms. The predicted molar refractivity (Wildman–Crippen MR) is 66.6 cm³/mol. The van der Waals surface area contributed by atoms with Crippen LogP contribution in [0.15, 0.2) is 30.0 Å². The molecule has 1 aromatic rings. The van der Waals surface area contributed by atoms with E-state index in [1.54, 1.807) is 19.1 Å². The van der Waals surface area contributed by atoms with Gasteiger partial charge >= 0.3 is 0 Å². The Hall–Kier alpha value is -2.21. The molecule has 1 aliphatic rings. The third kappa shape index (κ3) is 2.63. The van der Waals surface area contributed by atoms with Crippen molar-refractivity contribution in [1.29, 1.82) is 0 Å². The van der Waals surface area contributed by atoms with Crippen molar-refractivity contribution in [3.63, 3.8) is 0 Å². The van der Waals surface area contributed by atoms with Gasteiger partial charge in [0.1, 0.15) is 11.5 Å². The number of anilines is 1. The Morgan fingerprint density at radius 1 is 1.37 bits per heavy atom. The number of aryl methyl sites for hydroxylation is 1. The molecule has 0 radical (unpaired) electrons. The number of imide groups is 1. The van der Waals surface area contributed by atoms with Crippen LogP contribution in [0.1, 0.15) is 5.56 Å². The number of nitrogens with one attached hydrogen (secondary N) is 1. The van der Waals surface area contributed by atoms with Crippen LogP contribution in [0.3, 0.4) is 0 Å². The molecular weight excluding hydrogens is 251 g/mol. The standard InChI is InChI=1S/C13H13FN2O3/c1-8-2-3-9(14)10(6-8)15-11-7-12(18)16(4-5-17)13(11)19/h2-3,6-7,15,17H,4-5H2,1H3. The van der Waals surface area contributed by atoms with Crippen LogP contribution in [0.4, 0.5) is 10.1 Å². The molecule has 2 amide bonds. The van der Waals surface area contributed by atoms with Crippen LogP contribution in [0, 0.1) is 12.7 Å². The van der Waals surface area contributed by atoms with E-state index < -0.39 is 17.6 Å². The largest absolute Gasteiger partial charge is 0.395 e. The van der Waals surface area contributed by atoms with Gasteiger partial charge in [-0.25, -0.2) is 4.39 Å². The molecule has 0 unspecified atom stereocenters. The van der Waals surface area contributed by atoms with Gasteiger partial charge < -0.3 is 10.4 Å². The van der Waals surface area contributed by atoms with Gasteiger partial charge in [0.25, 0.3) is 11.8 Å². The second-order valence-electron chi connectivity index (χ2n) is 4.18. The molecule has 2 N–H and O–H groups in total. The lowest BCUT2D eigenvalue weighted by Crippen LogP contribution is -2.34. The predicted octanol–water partition coefficient (Wildman–Crippen LogP) is 0.791. The monoisotopic (exact) mass is 264 g/mol. The maximum absolute atomic E-state index is 13.6. The number of β-amino-alcohol motifs (C(OH)–C–C–N with tert-alkyl or cyclic N) is 1. The van der Waals surface area contributed by atoms with Gasteiger partial charge in [-0.15, -0.1) is 0 Å². The van der Waals surface area contributed by atoms with Gasteiger partial charge in [0, 0.05) is 6.08 Å². The van der Waals surface area contributed by atoms with Gasteiger partial charge in [0.05, 0.1) is 18.8 Å². The summed E-state index contributed by atoms with van der Waals surface area (Å²) in [6.45, 7) is 1.41. The maximum Gasteiger partial charge on any atom is 0.277 e. The summed E-state index contributed by atoms with van der Waals surface area (Å²) >= 11 is 0. The first kappa shape index (κ1) is 13.2. The van der Waals surface area contributed by atoms with Crippen LogP contribution in [0.2, 0.25) is 0 Å². The number of hydrogen-bond acceptors (Lipinski definition) is 4. The summed E-state index contributed by atoms with van der Waals surface area (Å²) < 4.78 is 13.6. The van der Waals surface area contributed by atoms with Gasteiger partial charge in [-0.05, 0) is 24.6 Å². The Balaban J connectivity index is 2.20. The molecule has 0 saturated carbocycles. The molecular formula is C13H13FN2O3. The molecule has 1 heterocycles. The number of amides is 2. The van der Waals surface area contributed by atoms with Crippen molar-refractivity contribution in [3.05, 3.63) is 41.4 Å². The Bertz CT molecular complexity index is 569. The lowest BCUT2D eigenvalue weighted by molar-refractivity contribution is -0.137. The number of aliphatic hydroxyl groups is 1. The summed E-state index contributed by atoms with van der Waals surface area (Å²) in [7, 11) is 0. The van der Waals surface area contributed by atoms with E-state index >= 15 is 0 Å². The molecule has 2 rings (SSSR count). The molecule has 0 saturated heterocycles. The van der Waals surface area contributed by atoms with Crippen molar-refractivity contribution in [1.82, 2.24) is 4.90 Å². The maximum atomic E-state index is 13.6. The fourth-order valence-corrected chi connectivity index (χ4v) is 1.79. The quantitative estimate of drug-likeness (QED) is 0.789. The summed E-state index contributed by atoms with van der Waals surface area (Å²) in [6, 6.07) is 4.43. The van der Waals surface area contributed by atoms with Crippen LogP contribution in [0.25, 0.3) is 0 Å². The highest BCUT2D eigenvalue weighted by molar-refractivity contribution is 6.17. The number of halogens is 1. The fourth-order valence-electron chi connectivity index (χ4n) is 1.79. The molecule has 0 aromatic heterocycles. The molecule has 5 nitrogen and oxygen atoms in total. The molecule has 100 valence electrons. The third-order valence-corrected chi connectivity index (χ3v) is 2.72. The van der Waals surface area contributed by atoms with Crippen molar-refractivity contribution >= 4 is 17.5 Å². The van der Waals surface area contributed by atoms with Crippen LogP contribution in [-0.2, 0) is 9.59 Å². The van der Waals surface area contributed by atoms with Crippen molar-refractivity contribution in [2.75, 3.05) is 18.5 Å². The lowest BCUT2D eigenvalue weighted by Gasteiger charge is -2.13. The first-order chi connectivity index (χ1) is 9.02. The molecule has 0 spiro atoms. The highest BCUT2D eigenvalue weighted by Gasteiger charge is 2.30. The van der Waals surface area contributed by atoms with E-state index in [1.807, 2.05) is 0 Å². The molecule has 0 aliphatic carbocycles. The lowest BCUT2D eigenvalue weighted by atomic mass is 10.2. The number of hydrogen-bond donors (Lipinski definition) is 2. The third-order valence-electron chi connectivity index (χ3n) is 2.72. The summed E-state index contributed by atoms with van der Waals surface area (Å²) in [5, 5.41) is 11.4. The normalized spacial score (nSPS) is 14.9. The van der Waals surface area contributed by atoms with Gasteiger partial charge in [0.15, 0.2) is 0 Å². The number of carbonyl (C=O) groups excluding carboxylic acids is 2. The van der Waals surface area contributed by atoms with Gasteiger partial charge in [-0.2, -0.15) is 0 Å². The fraction of sp³-hybridized carbons (Fsp3) is 0.231. The summed E-state index contributed by atoms with van der Waals surface area (Å²) in [6.07, 6.45) is 1.10. The molecule has 0 atom stereocenters. The van der Waals surface area contributed by atoms with Crippen LogP contribution >= 0.6 is 0 Å². The summed E-state index contributed by atoms with van der Waals surface area (Å²) in [5.74, 6) is -1.60. The highest BCUT2D eigenvalue weighted by atomic mass is 19.1. The second kappa shape index (κ2) is 5.19. The SMILES string of the molecule is Cc1ccc(F)c(NC2=CC(=O)N(CCO)C2=O)c1. The van der Waals surface area contributed by atoms with Crippen LogP contribution < -0.4 is 5.32 Å². The van der Waals surface area contributed by atoms with E-state index in [2.05, 4.69) is 5.32 Å². The zero-order chi connectivity index (χ0) is 14.0. The Kier molecular flexibility index (Phi) is 3.62. The molecule has 1 aliphatic heterocycles. The number of aliphatic hydroxyl groups excluding tert-OH is 1. The van der Waals surface area contributed by atoms with E-state index in [1.165, 1.54) is 6.07 Å². The Labute approximate surface area is 109 Å². The number of carbonyl (C=O) groups is 2. The average Bonchev–Trinajstić information content (AvgIpc) is 2.62. The van der Waals surface area contributed by atoms with Gasteiger partial charge in [0.2, 0.25) is 0 Å². The topological polar surface area (TPSA) is 69.6 Å². The van der Waals surface area contributed by atoms with Crippen molar-refractivity contribution in [2.45, 2.75) is 6.92 Å². The zero-order valence-electron chi connectivity index (χ0n) is 10.3. The Morgan fingerprint density at radius 3 is 2.79 bits per heavy atom. The van der Waals surface area contributed by atoms with Crippen molar-refractivity contribution in [3.8, 4) is 0 Å². The van der Waals surface area contributed by atoms with Crippen molar-refractivity contribution in [2.24, 2.45) is 0 Å². The summed E-state index contributed by atoms with van der Waals surface area (Å²) in [5.41, 5.74) is 0.967. The zero-order valence-corrected chi connectivity index (χ0v) is 10.3. The van der Waals surface area contributed by atoms with Crippen LogP contribution in [0.5, 0.6) is 0 Å². The smallest absolute Gasteiger partial charge is 0.277 e. The first-order valence-corrected chi connectivity index (χ1v) is 5.74. The van der Waals surface area contributed by atoms with E-state index in [0.29, 0.717) is 0 Å². The minimum atomic E-state index is -0.569. The van der Waals surface area contributed by atoms with E-state index in [0.717, 1.165) is 16.5 Å². The van der Waals surface area contributed by atoms with E-state index in [9.17, 15) is 14.0 Å².